The predicted octanol–water partition coefficient (Wildman–Crippen LogP) is 1.46. The molecule has 1 aromatic heterocycles. The molecule has 1 heterocycles. The van der Waals surface area contributed by atoms with Crippen molar-refractivity contribution in [1.29, 1.82) is 0 Å². The fourth-order valence-electron chi connectivity index (χ4n) is 1.93. The van der Waals surface area contributed by atoms with E-state index < -0.39 is 18.8 Å². The van der Waals surface area contributed by atoms with E-state index in [0.717, 1.165) is 0 Å². The first-order chi connectivity index (χ1) is 8.93. The second kappa shape index (κ2) is 5.18. The molecule has 2 aromatic rings. The van der Waals surface area contributed by atoms with Crippen LogP contribution in [0.3, 0.4) is 0 Å². The molecule has 1 atom stereocenters. The minimum atomic E-state index is -4.65. The number of para-hydroxylation sites is 2. The van der Waals surface area contributed by atoms with Crippen LogP contribution >= 0.6 is 0 Å². The van der Waals surface area contributed by atoms with Crippen LogP contribution in [0.15, 0.2) is 24.3 Å². The number of halogens is 3. The van der Waals surface area contributed by atoms with Gasteiger partial charge >= 0.3 is 6.18 Å². The van der Waals surface area contributed by atoms with Gasteiger partial charge in [0.2, 0.25) is 0 Å². The van der Waals surface area contributed by atoms with Crippen molar-refractivity contribution in [3.8, 4) is 0 Å². The van der Waals surface area contributed by atoms with E-state index in [1.165, 1.54) is 4.57 Å². The number of imidazole rings is 1. The van der Waals surface area contributed by atoms with Crippen molar-refractivity contribution in [3.63, 3.8) is 0 Å². The van der Waals surface area contributed by atoms with E-state index in [4.69, 9.17) is 5.73 Å². The van der Waals surface area contributed by atoms with E-state index in [1.54, 1.807) is 24.3 Å². The molecule has 19 heavy (non-hydrogen) atoms. The van der Waals surface area contributed by atoms with Crippen molar-refractivity contribution in [2.75, 3.05) is 6.54 Å². The monoisotopic (exact) mass is 273 g/mol. The average Bonchev–Trinajstić information content (AvgIpc) is 2.67. The van der Waals surface area contributed by atoms with Gasteiger partial charge in [-0.1, -0.05) is 12.1 Å². The lowest BCUT2D eigenvalue weighted by molar-refractivity contribution is -0.207. The Balaban J connectivity index is 2.41. The first kappa shape index (κ1) is 13.8. The number of nitrogens with zero attached hydrogens (tertiary/aromatic N) is 2. The van der Waals surface area contributed by atoms with Crippen molar-refractivity contribution >= 4 is 11.0 Å². The van der Waals surface area contributed by atoms with Crippen LogP contribution in [0.25, 0.3) is 11.0 Å². The highest BCUT2D eigenvalue weighted by Crippen LogP contribution is 2.24. The van der Waals surface area contributed by atoms with Crippen LogP contribution in [0.5, 0.6) is 0 Å². The quantitative estimate of drug-likeness (QED) is 0.886. The fraction of sp³-hybridized carbons (Fsp3) is 0.417. The lowest BCUT2D eigenvalue weighted by Crippen LogP contribution is -2.33. The summed E-state index contributed by atoms with van der Waals surface area (Å²) in [5, 5.41) is 9.20. The number of fused-ring (bicyclic) bond motifs is 1. The van der Waals surface area contributed by atoms with Crippen LogP contribution < -0.4 is 5.73 Å². The van der Waals surface area contributed by atoms with Crippen molar-refractivity contribution in [3.05, 3.63) is 30.1 Å². The van der Waals surface area contributed by atoms with Gasteiger partial charge in [-0.15, -0.1) is 0 Å². The molecule has 0 aliphatic carbocycles. The summed E-state index contributed by atoms with van der Waals surface area (Å²) in [4.78, 5) is 4.24. The van der Waals surface area contributed by atoms with Gasteiger partial charge in [0.25, 0.3) is 0 Å². The maximum absolute atomic E-state index is 12.5. The fourth-order valence-corrected chi connectivity index (χ4v) is 1.93. The number of benzene rings is 1. The molecule has 3 N–H and O–H groups in total. The summed E-state index contributed by atoms with van der Waals surface area (Å²) in [6.45, 7) is -0.287. The van der Waals surface area contributed by atoms with Gasteiger partial charge < -0.3 is 15.4 Å². The van der Waals surface area contributed by atoms with Crippen molar-refractivity contribution in [2.24, 2.45) is 5.73 Å². The van der Waals surface area contributed by atoms with E-state index in [1.807, 2.05) is 0 Å². The van der Waals surface area contributed by atoms with Crippen LogP contribution in [0.2, 0.25) is 0 Å². The smallest absolute Gasteiger partial charge is 0.382 e. The first-order valence-electron chi connectivity index (χ1n) is 5.82. The van der Waals surface area contributed by atoms with Crippen molar-refractivity contribution < 1.29 is 18.3 Å². The maximum atomic E-state index is 12.5. The Labute approximate surface area is 107 Å². The third-order valence-electron chi connectivity index (χ3n) is 2.83. The van der Waals surface area contributed by atoms with Gasteiger partial charge in [0.1, 0.15) is 5.82 Å². The Morgan fingerprint density at radius 1 is 1.32 bits per heavy atom. The van der Waals surface area contributed by atoms with Crippen LogP contribution in [-0.2, 0) is 13.0 Å². The molecule has 0 saturated carbocycles. The Morgan fingerprint density at radius 2 is 2.00 bits per heavy atom. The minimum absolute atomic E-state index is 0.283. The third-order valence-corrected chi connectivity index (χ3v) is 2.83. The van der Waals surface area contributed by atoms with E-state index in [-0.39, 0.29) is 6.54 Å². The zero-order valence-corrected chi connectivity index (χ0v) is 10.1. The van der Waals surface area contributed by atoms with Gasteiger partial charge in [-0.3, -0.25) is 0 Å². The molecule has 0 amide bonds. The summed E-state index contributed by atoms with van der Waals surface area (Å²) < 4.78 is 38.7. The van der Waals surface area contributed by atoms with Crippen molar-refractivity contribution in [1.82, 2.24) is 9.55 Å². The van der Waals surface area contributed by atoms with Gasteiger partial charge in [0, 0.05) is 6.42 Å². The minimum Gasteiger partial charge on any atom is -0.382 e. The van der Waals surface area contributed by atoms with Gasteiger partial charge in [-0.2, -0.15) is 13.2 Å². The SMILES string of the molecule is NCCc1nc2ccccc2n1CC(O)C(F)(F)F. The van der Waals surface area contributed by atoms with Gasteiger partial charge in [-0.05, 0) is 18.7 Å². The molecule has 4 nitrogen and oxygen atoms in total. The highest BCUT2D eigenvalue weighted by Gasteiger charge is 2.38. The Bertz CT molecular complexity index is 565. The summed E-state index contributed by atoms with van der Waals surface area (Å²) in [7, 11) is 0. The summed E-state index contributed by atoms with van der Waals surface area (Å²) in [5.74, 6) is 0.451. The number of hydrogen-bond acceptors (Lipinski definition) is 3. The molecule has 0 spiro atoms. The van der Waals surface area contributed by atoms with Gasteiger partial charge in [0.05, 0.1) is 17.6 Å². The van der Waals surface area contributed by atoms with Crippen LogP contribution in [-0.4, -0.2) is 33.5 Å². The highest BCUT2D eigenvalue weighted by molar-refractivity contribution is 5.75. The summed E-state index contributed by atoms with van der Waals surface area (Å²) >= 11 is 0. The molecule has 1 aromatic carbocycles. The van der Waals surface area contributed by atoms with E-state index >= 15 is 0 Å². The molecule has 1 unspecified atom stereocenters. The molecule has 0 bridgehead atoms. The average molecular weight is 273 g/mol. The van der Waals surface area contributed by atoms with E-state index in [9.17, 15) is 18.3 Å². The normalized spacial score (nSPS) is 13.9. The number of alkyl halides is 3. The second-order valence-electron chi connectivity index (χ2n) is 4.22. The summed E-state index contributed by atoms with van der Waals surface area (Å²) in [5.41, 5.74) is 6.59. The lowest BCUT2D eigenvalue weighted by Gasteiger charge is -2.17. The number of aliphatic hydroxyl groups is 1. The number of hydrogen-bond donors (Lipinski definition) is 2. The molecule has 2 rings (SSSR count). The van der Waals surface area contributed by atoms with Crippen LogP contribution in [0.4, 0.5) is 13.2 Å². The molecule has 0 radical (unpaired) electrons. The molecule has 7 heteroatoms. The Morgan fingerprint density at radius 3 is 2.63 bits per heavy atom. The zero-order chi connectivity index (χ0) is 14.0. The highest BCUT2D eigenvalue weighted by atomic mass is 19.4. The first-order valence-corrected chi connectivity index (χ1v) is 5.82. The van der Waals surface area contributed by atoms with E-state index in [0.29, 0.717) is 23.3 Å². The van der Waals surface area contributed by atoms with E-state index in [2.05, 4.69) is 4.98 Å². The number of rotatable bonds is 4. The molecular weight excluding hydrogens is 259 g/mol. The predicted molar refractivity (Wildman–Crippen MR) is 64.6 cm³/mol. The Hall–Kier alpha value is -1.60. The standard InChI is InChI=1S/C12H14F3N3O/c13-12(14,15)10(19)7-18-9-4-2-1-3-8(9)17-11(18)5-6-16/h1-4,10,19H,5-7,16H2. The number of nitrogens with two attached hydrogens (primary N) is 1. The molecule has 104 valence electrons. The number of aliphatic hydroxyl groups excluding tert-OH is 1. The number of aromatic nitrogens is 2. The van der Waals surface area contributed by atoms with Gasteiger partial charge in [-0.25, -0.2) is 4.98 Å². The molecule has 0 fully saturated rings. The Kier molecular flexibility index (Phi) is 3.77. The summed E-state index contributed by atoms with van der Waals surface area (Å²) in [6.07, 6.45) is -6.70. The van der Waals surface area contributed by atoms with Gasteiger partial charge in [0.15, 0.2) is 6.10 Å². The molecule has 0 aliphatic heterocycles. The maximum Gasteiger partial charge on any atom is 0.416 e. The third kappa shape index (κ3) is 2.87. The lowest BCUT2D eigenvalue weighted by atomic mass is 10.3. The van der Waals surface area contributed by atoms with Crippen LogP contribution in [0, 0.1) is 0 Å². The molecule has 0 saturated heterocycles. The molecular formula is C12H14F3N3O. The largest absolute Gasteiger partial charge is 0.416 e. The molecule has 0 aliphatic rings. The van der Waals surface area contributed by atoms with Crippen LogP contribution in [0.1, 0.15) is 5.82 Å². The zero-order valence-electron chi connectivity index (χ0n) is 10.1. The second-order valence-corrected chi connectivity index (χ2v) is 4.22. The summed E-state index contributed by atoms with van der Waals surface area (Å²) in [6, 6.07) is 6.86. The topological polar surface area (TPSA) is 64.1 Å². The van der Waals surface area contributed by atoms with Crippen molar-refractivity contribution in [2.45, 2.75) is 25.2 Å².